The minimum absolute atomic E-state index is 0.0347. The smallest absolute Gasteiger partial charge is 0.243 e. The van der Waals surface area contributed by atoms with Crippen molar-refractivity contribution >= 4 is 21.6 Å². The molecule has 1 aromatic carbocycles. The lowest BCUT2D eigenvalue weighted by atomic mass is 9.92. The number of nitrogens with one attached hydrogen (secondary N) is 2. The Kier molecular flexibility index (Phi) is 5.96. The highest BCUT2D eigenvalue weighted by molar-refractivity contribution is 7.89. The Balaban J connectivity index is 1.70. The number of carbonyl (C=O) groups excluding carboxylic acids is 1. The summed E-state index contributed by atoms with van der Waals surface area (Å²) in [6, 6.07) is 6.91. The van der Waals surface area contributed by atoms with Crippen molar-refractivity contribution in [1.82, 2.24) is 14.5 Å². The lowest BCUT2D eigenvalue weighted by molar-refractivity contribution is -0.120. The molecule has 144 valence electrons. The van der Waals surface area contributed by atoms with Crippen LogP contribution < -0.4 is 10.6 Å². The van der Waals surface area contributed by atoms with E-state index in [0.717, 1.165) is 32.5 Å². The number of likely N-dealkylation sites (N-methyl/N-ethyl adjacent to an activating group) is 1. The van der Waals surface area contributed by atoms with Gasteiger partial charge in [-0.1, -0.05) is 6.07 Å². The van der Waals surface area contributed by atoms with Crippen molar-refractivity contribution in [2.75, 3.05) is 45.1 Å². The lowest BCUT2D eigenvalue weighted by Gasteiger charge is -2.31. The second kappa shape index (κ2) is 8.04. The molecule has 2 fully saturated rings. The number of rotatable bonds is 4. The van der Waals surface area contributed by atoms with E-state index in [1.807, 2.05) is 7.05 Å². The second-order valence-electron chi connectivity index (χ2n) is 7.30. The summed E-state index contributed by atoms with van der Waals surface area (Å²) in [5.41, 5.74) is 0.538. The topological polar surface area (TPSA) is 81.8 Å². The van der Waals surface area contributed by atoms with Crippen molar-refractivity contribution in [1.29, 1.82) is 0 Å². The molecule has 0 aromatic heterocycles. The minimum Gasteiger partial charge on any atom is -0.326 e. The van der Waals surface area contributed by atoms with Crippen LogP contribution in [0.2, 0.25) is 0 Å². The number of amides is 1. The van der Waals surface area contributed by atoms with Gasteiger partial charge in [-0.3, -0.25) is 4.79 Å². The maximum absolute atomic E-state index is 12.9. The number of nitrogens with zero attached hydrogens (tertiary/aromatic N) is 2. The van der Waals surface area contributed by atoms with E-state index in [0.29, 0.717) is 24.8 Å². The van der Waals surface area contributed by atoms with Gasteiger partial charge in [0.25, 0.3) is 0 Å². The van der Waals surface area contributed by atoms with Crippen LogP contribution in [-0.4, -0.2) is 69.3 Å². The van der Waals surface area contributed by atoms with Crippen molar-refractivity contribution in [3.63, 3.8) is 0 Å². The molecule has 0 spiro atoms. The molecule has 2 saturated heterocycles. The SMILES string of the molecule is C[C@H]1C[C@@H](C(=O)Nc2cccc(S(=O)(=O)N3CCN(C)CC3)c2)CCN1. The van der Waals surface area contributed by atoms with Crippen LogP contribution in [0.25, 0.3) is 0 Å². The predicted molar refractivity (Wildman–Crippen MR) is 102 cm³/mol. The standard InChI is InChI=1S/C18H28N4O3S/c1-14-12-15(6-7-19-14)18(23)20-16-4-3-5-17(13-16)26(24,25)22-10-8-21(2)9-11-22/h3-5,13-15,19H,6-12H2,1-2H3,(H,20,23)/t14-,15-/m0/s1. The molecule has 0 unspecified atom stereocenters. The average Bonchev–Trinajstić information content (AvgIpc) is 2.62. The number of piperidine rings is 1. The van der Waals surface area contributed by atoms with E-state index in [-0.39, 0.29) is 16.7 Å². The molecular formula is C18H28N4O3S. The first-order chi connectivity index (χ1) is 12.4. The molecule has 2 atom stereocenters. The lowest BCUT2D eigenvalue weighted by Crippen LogP contribution is -2.47. The summed E-state index contributed by atoms with van der Waals surface area (Å²) in [5.74, 6) is -0.0726. The normalized spacial score (nSPS) is 25.8. The summed E-state index contributed by atoms with van der Waals surface area (Å²) < 4.78 is 27.2. The summed E-state index contributed by atoms with van der Waals surface area (Å²) in [6.07, 6.45) is 1.60. The van der Waals surface area contributed by atoms with Crippen molar-refractivity contribution in [3.8, 4) is 0 Å². The quantitative estimate of drug-likeness (QED) is 0.813. The third-order valence-electron chi connectivity index (χ3n) is 5.20. The van der Waals surface area contributed by atoms with Gasteiger partial charge in [-0.25, -0.2) is 8.42 Å². The maximum atomic E-state index is 12.9. The van der Waals surface area contributed by atoms with E-state index in [4.69, 9.17) is 0 Å². The summed E-state index contributed by atoms with van der Waals surface area (Å²) in [6.45, 7) is 5.33. The molecule has 26 heavy (non-hydrogen) atoms. The van der Waals surface area contributed by atoms with Crippen molar-refractivity contribution in [2.24, 2.45) is 5.92 Å². The van der Waals surface area contributed by atoms with E-state index in [1.54, 1.807) is 24.3 Å². The molecule has 2 heterocycles. The van der Waals surface area contributed by atoms with Gasteiger partial charge in [-0.2, -0.15) is 4.31 Å². The summed E-state index contributed by atoms with van der Waals surface area (Å²) in [7, 11) is -1.54. The Morgan fingerprint density at radius 1 is 1.23 bits per heavy atom. The molecule has 2 aliphatic heterocycles. The van der Waals surface area contributed by atoms with Gasteiger partial charge in [-0.15, -0.1) is 0 Å². The fourth-order valence-electron chi connectivity index (χ4n) is 3.53. The first-order valence-corrected chi connectivity index (χ1v) is 10.6. The Morgan fingerprint density at radius 2 is 1.96 bits per heavy atom. The zero-order chi connectivity index (χ0) is 18.7. The molecule has 1 aromatic rings. The Labute approximate surface area is 155 Å². The van der Waals surface area contributed by atoms with Gasteiger partial charge in [0.15, 0.2) is 0 Å². The maximum Gasteiger partial charge on any atom is 0.243 e. The molecule has 0 radical (unpaired) electrons. The van der Waals surface area contributed by atoms with E-state index < -0.39 is 10.0 Å². The zero-order valence-electron chi connectivity index (χ0n) is 15.4. The van der Waals surface area contributed by atoms with E-state index in [2.05, 4.69) is 22.5 Å². The van der Waals surface area contributed by atoms with Crippen LogP contribution in [0.15, 0.2) is 29.2 Å². The van der Waals surface area contributed by atoms with Gasteiger partial charge in [0.1, 0.15) is 0 Å². The first-order valence-electron chi connectivity index (χ1n) is 9.19. The first kappa shape index (κ1) is 19.3. The number of hydrogen-bond acceptors (Lipinski definition) is 5. The molecule has 3 rings (SSSR count). The Morgan fingerprint density at radius 3 is 2.65 bits per heavy atom. The Hall–Kier alpha value is -1.48. The van der Waals surface area contributed by atoms with E-state index in [1.165, 1.54) is 4.31 Å². The van der Waals surface area contributed by atoms with E-state index >= 15 is 0 Å². The van der Waals surface area contributed by atoms with E-state index in [9.17, 15) is 13.2 Å². The van der Waals surface area contributed by atoms with Crippen molar-refractivity contribution in [3.05, 3.63) is 24.3 Å². The molecular weight excluding hydrogens is 352 g/mol. The van der Waals surface area contributed by atoms with Gasteiger partial charge >= 0.3 is 0 Å². The summed E-state index contributed by atoms with van der Waals surface area (Å²) in [5, 5.41) is 6.23. The van der Waals surface area contributed by atoms with Crippen LogP contribution >= 0.6 is 0 Å². The fourth-order valence-corrected chi connectivity index (χ4v) is 4.99. The minimum atomic E-state index is -3.53. The van der Waals surface area contributed by atoms with Crippen LogP contribution in [-0.2, 0) is 14.8 Å². The van der Waals surface area contributed by atoms with Crippen molar-refractivity contribution < 1.29 is 13.2 Å². The average molecular weight is 381 g/mol. The number of anilines is 1. The highest BCUT2D eigenvalue weighted by Gasteiger charge is 2.28. The molecule has 1 amide bonds. The summed E-state index contributed by atoms with van der Waals surface area (Å²) >= 11 is 0. The number of benzene rings is 1. The monoisotopic (exact) mass is 380 g/mol. The second-order valence-corrected chi connectivity index (χ2v) is 9.24. The fraction of sp³-hybridized carbons (Fsp3) is 0.611. The van der Waals surface area contributed by atoms with Gasteiger partial charge in [-0.05, 0) is 51.6 Å². The van der Waals surface area contributed by atoms with Crippen LogP contribution in [0, 0.1) is 5.92 Å². The number of piperazine rings is 1. The van der Waals surface area contributed by atoms with Gasteiger partial charge in [0.05, 0.1) is 4.90 Å². The van der Waals surface area contributed by atoms with Gasteiger partial charge in [0, 0.05) is 43.8 Å². The van der Waals surface area contributed by atoms with Gasteiger partial charge < -0.3 is 15.5 Å². The van der Waals surface area contributed by atoms with Gasteiger partial charge in [0.2, 0.25) is 15.9 Å². The molecule has 0 aliphatic carbocycles. The molecule has 0 bridgehead atoms. The van der Waals surface area contributed by atoms with Crippen LogP contribution in [0.1, 0.15) is 19.8 Å². The summed E-state index contributed by atoms with van der Waals surface area (Å²) in [4.78, 5) is 14.9. The predicted octanol–water partition coefficient (Wildman–Crippen LogP) is 0.949. The van der Waals surface area contributed by atoms with Crippen molar-refractivity contribution in [2.45, 2.75) is 30.7 Å². The third-order valence-corrected chi connectivity index (χ3v) is 7.09. The third kappa shape index (κ3) is 4.43. The van der Waals surface area contributed by atoms with Crippen LogP contribution in [0.5, 0.6) is 0 Å². The largest absolute Gasteiger partial charge is 0.326 e. The molecule has 7 nitrogen and oxygen atoms in total. The number of carbonyl (C=O) groups is 1. The molecule has 2 aliphatic rings. The molecule has 8 heteroatoms. The number of sulfonamides is 1. The van der Waals surface area contributed by atoms with Crippen LogP contribution in [0.3, 0.4) is 0 Å². The highest BCUT2D eigenvalue weighted by atomic mass is 32.2. The van der Waals surface area contributed by atoms with Crippen LogP contribution in [0.4, 0.5) is 5.69 Å². The Bertz CT molecular complexity index is 745. The molecule has 0 saturated carbocycles. The number of hydrogen-bond donors (Lipinski definition) is 2. The zero-order valence-corrected chi connectivity index (χ0v) is 16.3. The highest BCUT2D eigenvalue weighted by Crippen LogP contribution is 2.23. The molecule has 2 N–H and O–H groups in total.